The van der Waals surface area contributed by atoms with Gasteiger partial charge in [0.2, 0.25) is 0 Å². The Kier molecular flexibility index (Phi) is 3.85. The Balaban J connectivity index is 2.47. The van der Waals surface area contributed by atoms with Crippen molar-refractivity contribution in [1.29, 1.82) is 0 Å². The summed E-state index contributed by atoms with van der Waals surface area (Å²) in [6.07, 6.45) is -2.36. The first kappa shape index (κ1) is 13.9. The van der Waals surface area contributed by atoms with Gasteiger partial charge in [0.25, 0.3) is 0 Å². The highest BCUT2D eigenvalue weighted by molar-refractivity contribution is 6.32. The van der Waals surface area contributed by atoms with Crippen molar-refractivity contribution in [2.75, 3.05) is 12.3 Å². The number of ether oxygens (including phenoxy) is 1. The van der Waals surface area contributed by atoms with Crippen LogP contribution in [-0.2, 0) is 4.74 Å². The lowest BCUT2D eigenvalue weighted by Crippen LogP contribution is -2.28. The van der Waals surface area contributed by atoms with Gasteiger partial charge in [0.1, 0.15) is 18.0 Å². The first-order valence-electron chi connectivity index (χ1n) is 5.28. The van der Waals surface area contributed by atoms with Crippen molar-refractivity contribution in [3.8, 4) is 0 Å². The third-order valence-corrected chi connectivity index (χ3v) is 3.07. The Hall–Kier alpha value is -1.48. The lowest BCUT2D eigenvalue weighted by molar-refractivity contribution is -0.0447. The number of aliphatic hydroxyl groups is 2. The zero-order valence-electron chi connectivity index (χ0n) is 9.53. The number of anilines is 1. The van der Waals surface area contributed by atoms with Crippen LogP contribution < -0.4 is 11.4 Å². The lowest BCUT2D eigenvalue weighted by Gasteiger charge is -2.15. The van der Waals surface area contributed by atoms with Crippen molar-refractivity contribution < 1.29 is 19.3 Å². The molecule has 1 aromatic heterocycles. The quantitative estimate of drug-likeness (QED) is 0.683. The van der Waals surface area contributed by atoms with E-state index in [0.717, 1.165) is 10.8 Å². The van der Waals surface area contributed by atoms with E-state index in [2.05, 4.69) is 4.98 Å². The van der Waals surface area contributed by atoms with Crippen LogP contribution in [0.2, 0.25) is 5.02 Å². The minimum absolute atomic E-state index is 0.0108. The Morgan fingerprint density at radius 2 is 2.37 bits per heavy atom. The molecule has 0 bridgehead atoms. The summed E-state index contributed by atoms with van der Waals surface area (Å²) in [6, 6.07) is 0. The van der Waals surface area contributed by atoms with Crippen molar-refractivity contribution >= 4 is 17.4 Å². The molecular formula is C10H11ClFN3O4. The smallest absolute Gasteiger partial charge is 0.351 e. The largest absolute Gasteiger partial charge is 0.394 e. The molecule has 1 fully saturated rings. The highest BCUT2D eigenvalue weighted by Gasteiger charge is 2.40. The number of hydrogen-bond donors (Lipinski definition) is 3. The molecule has 9 heteroatoms. The average Bonchev–Trinajstić information content (AvgIpc) is 2.70. The van der Waals surface area contributed by atoms with Crippen LogP contribution >= 0.6 is 11.6 Å². The Labute approximate surface area is 111 Å². The normalized spacial score (nSPS) is 29.1. The van der Waals surface area contributed by atoms with Crippen molar-refractivity contribution in [3.63, 3.8) is 0 Å². The van der Waals surface area contributed by atoms with Crippen LogP contribution in [0.5, 0.6) is 0 Å². The fourth-order valence-corrected chi connectivity index (χ4v) is 1.94. The zero-order valence-corrected chi connectivity index (χ0v) is 10.3. The summed E-state index contributed by atoms with van der Waals surface area (Å²) in [5, 5.41) is 18.7. The van der Waals surface area contributed by atoms with Crippen molar-refractivity contribution in [2.45, 2.75) is 18.4 Å². The monoisotopic (exact) mass is 291 g/mol. The first-order valence-corrected chi connectivity index (χ1v) is 5.66. The van der Waals surface area contributed by atoms with Gasteiger partial charge >= 0.3 is 5.69 Å². The third-order valence-electron chi connectivity index (χ3n) is 2.78. The van der Waals surface area contributed by atoms with Gasteiger partial charge in [0.05, 0.1) is 18.0 Å². The Morgan fingerprint density at radius 3 is 2.95 bits per heavy atom. The number of aromatic nitrogens is 2. The Bertz CT molecular complexity index is 576. The second-order valence-electron chi connectivity index (χ2n) is 3.93. The van der Waals surface area contributed by atoms with E-state index < -0.39 is 30.7 Å². The summed E-state index contributed by atoms with van der Waals surface area (Å²) in [5.41, 5.74) is 4.35. The Morgan fingerprint density at radius 1 is 1.68 bits per heavy atom. The predicted octanol–water partition coefficient (Wildman–Crippen LogP) is -0.417. The summed E-state index contributed by atoms with van der Waals surface area (Å²) in [5.74, 6) is -0.161. The average molecular weight is 292 g/mol. The number of hydrogen-bond acceptors (Lipinski definition) is 6. The fraction of sp³-hybridized carbons (Fsp3) is 0.400. The molecule has 19 heavy (non-hydrogen) atoms. The molecule has 1 aliphatic heterocycles. The van der Waals surface area contributed by atoms with Crippen LogP contribution in [0.4, 0.5) is 10.2 Å². The molecule has 0 amide bonds. The first-order chi connectivity index (χ1) is 8.99. The van der Waals surface area contributed by atoms with Crippen LogP contribution in [-0.4, -0.2) is 38.6 Å². The number of nitrogens with zero attached hydrogens (tertiary/aromatic N) is 2. The molecule has 0 aromatic carbocycles. The van der Waals surface area contributed by atoms with Gasteiger partial charge in [0, 0.05) is 11.8 Å². The summed E-state index contributed by atoms with van der Waals surface area (Å²) >= 11 is 5.73. The number of nitrogens with two attached hydrogens (primary N) is 1. The fourth-order valence-electron chi connectivity index (χ4n) is 1.79. The molecule has 4 N–H and O–H groups in total. The van der Waals surface area contributed by atoms with Gasteiger partial charge in [0.15, 0.2) is 6.23 Å². The molecule has 2 heterocycles. The maximum absolute atomic E-state index is 12.8. The van der Waals surface area contributed by atoms with E-state index in [1.54, 1.807) is 0 Å². The van der Waals surface area contributed by atoms with E-state index in [1.165, 1.54) is 0 Å². The molecule has 1 aromatic rings. The number of halogens is 2. The van der Waals surface area contributed by atoms with Crippen LogP contribution in [0.1, 0.15) is 6.23 Å². The number of rotatable bonds is 2. The molecule has 0 saturated carbocycles. The molecule has 104 valence electrons. The van der Waals surface area contributed by atoms with Crippen molar-refractivity contribution in [3.05, 3.63) is 33.6 Å². The van der Waals surface area contributed by atoms with E-state index in [9.17, 15) is 14.3 Å². The molecular weight excluding hydrogens is 281 g/mol. The van der Waals surface area contributed by atoms with Crippen LogP contribution in [0.25, 0.3) is 0 Å². The highest BCUT2D eigenvalue weighted by atomic mass is 35.5. The summed E-state index contributed by atoms with van der Waals surface area (Å²) in [4.78, 5) is 15.1. The molecule has 7 nitrogen and oxygen atoms in total. The van der Waals surface area contributed by atoms with Gasteiger partial charge in [-0.2, -0.15) is 4.98 Å². The van der Waals surface area contributed by atoms with Gasteiger partial charge in [-0.15, -0.1) is 0 Å². The van der Waals surface area contributed by atoms with E-state index in [-0.39, 0.29) is 22.7 Å². The molecule has 0 aliphatic carbocycles. The van der Waals surface area contributed by atoms with E-state index in [1.807, 2.05) is 0 Å². The minimum Gasteiger partial charge on any atom is -0.394 e. The number of nitrogen functional groups attached to an aromatic ring is 1. The molecule has 1 aliphatic rings. The van der Waals surface area contributed by atoms with E-state index in [0.29, 0.717) is 0 Å². The highest BCUT2D eigenvalue weighted by Crippen LogP contribution is 2.34. The summed E-state index contributed by atoms with van der Waals surface area (Å²) in [6.45, 7) is -0.528. The van der Waals surface area contributed by atoms with Gasteiger partial charge in [-0.1, -0.05) is 11.6 Å². The molecule has 1 saturated heterocycles. The molecule has 3 atom stereocenters. The molecule has 0 spiro atoms. The van der Waals surface area contributed by atoms with Gasteiger partial charge < -0.3 is 20.7 Å². The zero-order chi connectivity index (χ0) is 14.2. The standard InChI is InChI=1S/C10H11ClFN3O4/c11-5-2-15(10(18)14-8(5)13)9-4(1-12)7(17)6(3-16)19-9/h1-2,6-7,9,16-17H,3H2,(H2,13,14,18). The van der Waals surface area contributed by atoms with Crippen LogP contribution in [0.3, 0.4) is 0 Å². The molecule has 2 rings (SSSR count). The van der Waals surface area contributed by atoms with Crippen LogP contribution in [0, 0.1) is 0 Å². The SMILES string of the molecule is Nc1nc(=O)n(C2OC(CO)C(O)C2=CF)cc1Cl. The van der Waals surface area contributed by atoms with E-state index in [4.69, 9.17) is 27.2 Å². The molecule has 3 unspecified atom stereocenters. The van der Waals surface area contributed by atoms with Crippen LogP contribution in [0.15, 0.2) is 22.9 Å². The van der Waals surface area contributed by atoms with Gasteiger partial charge in [-0.05, 0) is 0 Å². The summed E-state index contributed by atoms with van der Waals surface area (Å²) < 4.78 is 18.9. The maximum Gasteiger partial charge on any atom is 0.351 e. The second-order valence-corrected chi connectivity index (χ2v) is 4.33. The molecule has 0 radical (unpaired) electrons. The maximum atomic E-state index is 12.8. The number of aliphatic hydroxyl groups excluding tert-OH is 2. The predicted molar refractivity (Wildman–Crippen MR) is 64.1 cm³/mol. The van der Waals surface area contributed by atoms with Gasteiger partial charge in [-0.25, -0.2) is 9.18 Å². The van der Waals surface area contributed by atoms with Gasteiger partial charge in [-0.3, -0.25) is 4.57 Å². The minimum atomic E-state index is -1.36. The lowest BCUT2D eigenvalue weighted by atomic mass is 10.1. The summed E-state index contributed by atoms with van der Waals surface area (Å²) in [7, 11) is 0. The van der Waals surface area contributed by atoms with Crippen molar-refractivity contribution in [1.82, 2.24) is 9.55 Å². The second kappa shape index (κ2) is 5.25. The topological polar surface area (TPSA) is 111 Å². The third kappa shape index (κ3) is 2.35. The van der Waals surface area contributed by atoms with E-state index >= 15 is 0 Å². The van der Waals surface area contributed by atoms with Crippen molar-refractivity contribution in [2.24, 2.45) is 0 Å².